The first-order chi connectivity index (χ1) is 17.5. The highest BCUT2D eigenvalue weighted by Gasteiger charge is 2.18. The molecule has 11 heteroatoms. The van der Waals surface area contributed by atoms with E-state index in [1.165, 1.54) is 35.2 Å². The molecule has 2 aromatic carbocycles. The van der Waals surface area contributed by atoms with Crippen LogP contribution in [-0.2, 0) is 19.6 Å². The topological polar surface area (TPSA) is 135 Å². The highest BCUT2D eigenvalue weighted by molar-refractivity contribution is 5.58. The first-order valence-corrected chi connectivity index (χ1v) is 11.0. The maximum Gasteiger partial charge on any atom is 0.359 e. The number of hydrogen-bond acceptors (Lipinski definition) is 8. The highest BCUT2D eigenvalue weighted by Crippen LogP contribution is 2.29. The van der Waals surface area contributed by atoms with Gasteiger partial charge in [0.15, 0.2) is 0 Å². The van der Waals surface area contributed by atoms with Gasteiger partial charge in [-0.05, 0) is 53.1 Å². The van der Waals surface area contributed by atoms with Crippen molar-refractivity contribution in [3.05, 3.63) is 104 Å². The monoisotopic (exact) mass is 486 g/mol. The number of benzene rings is 2. The minimum atomic E-state index is -0.850. The number of nitrogens with one attached hydrogen (secondary N) is 1. The molecule has 0 aliphatic carbocycles. The summed E-state index contributed by atoms with van der Waals surface area (Å²) in [5.74, 6) is 0.0597. The van der Waals surface area contributed by atoms with E-state index in [0.717, 1.165) is 28.4 Å². The second-order valence-electron chi connectivity index (χ2n) is 8.10. The van der Waals surface area contributed by atoms with E-state index < -0.39 is 17.2 Å². The quantitative estimate of drug-likeness (QED) is 0.423. The lowest BCUT2D eigenvalue weighted by molar-refractivity contribution is 0.281. The number of rotatable bonds is 6. The van der Waals surface area contributed by atoms with E-state index in [4.69, 9.17) is 4.74 Å². The maximum atomic E-state index is 13.9. The lowest BCUT2D eigenvalue weighted by Crippen LogP contribution is -2.41. The average molecular weight is 486 g/mol. The number of pyridine rings is 1. The molecule has 0 radical (unpaired) electrons. The third-order valence-corrected chi connectivity index (χ3v) is 5.73. The van der Waals surface area contributed by atoms with Gasteiger partial charge >= 0.3 is 11.4 Å². The number of fused-ring (bicyclic) bond motifs is 1. The Kier molecular flexibility index (Phi) is 6.02. The molecule has 3 heterocycles. The SMILES string of the molecule is N#Cc1cc(Cn2c(Nc3ccc4c(c3)CCO4)nc(=O)n(-c3cncc(CO)c3)c2=O)ccc1F. The minimum absolute atomic E-state index is 0.0331. The number of anilines is 2. The number of aliphatic hydroxyl groups is 1. The van der Waals surface area contributed by atoms with Crippen LogP contribution in [0, 0.1) is 17.1 Å². The molecule has 1 aliphatic rings. The van der Waals surface area contributed by atoms with Crippen LogP contribution in [0.2, 0.25) is 0 Å². The lowest BCUT2D eigenvalue weighted by Gasteiger charge is -2.16. The Morgan fingerprint density at radius 3 is 2.81 bits per heavy atom. The van der Waals surface area contributed by atoms with E-state index in [9.17, 15) is 24.3 Å². The molecule has 0 saturated carbocycles. The molecule has 5 rings (SSSR count). The summed E-state index contributed by atoms with van der Waals surface area (Å²) >= 11 is 0. The Bertz CT molecular complexity index is 1640. The first-order valence-electron chi connectivity index (χ1n) is 11.0. The van der Waals surface area contributed by atoms with Crippen LogP contribution in [-0.4, -0.2) is 30.8 Å². The molecule has 4 aromatic rings. The summed E-state index contributed by atoms with van der Waals surface area (Å²) in [6, 6.07) is 12.6. The Hall–Kier alpha value is -4.82. The van der Waals surface area contributed by atoms with Gasteiger partial charge in [0.1, 0.15) is 17.6 Å². The summed E-state index contributed by atoms with van der Waals surface area (Å²) in [4.78, 5) is 34.7. The number of aliphatic hydroxyl groups excluding tert-OH is 1. The van der Waals surface area contributed by atoms with Crippen molar-refractivity contribution in [1.82, 2.24) is 19.1 Å². The van der Waals surface area contributed by atoms with Gasteiger partial charge in [-0.2, -0.15) is 10.2 Å². The van der Waals surface area contributed by atoms with E-state index >= 15 is 0 Å². The van der Waals surface area contributed by atoms with Crippen LogP contribution in [0.1, 0.15) is 22.3 Å². The van der Waals surface area contributed by atoms with Gasteiger partial charge in [-0.3, -0.25) is 9.55 Å². The fraction of sp³-hybridized carbons (Fsp3) is 0.160. The van der Waals surface area contributed by atoms with Crippen molar-refractivity contribution in [2.75, 3.05) is 11.9 Å². The van der Waals surface area contributed by atoms with Gasteiger partial charge in [0, 0.05) is 18.3 Å². The number of nitrogens with zero attached hydrogens (tertiary/aromatic N) is 5. The highest BCUT2D eigenvalue weighted by atomic mass is 19.1. The molecule has 180 valence electrons. The van der Waals surface area contributed by atoms with Crippen LogP contribution >= 0.6 is 0 Å². The maximum absolute atomic E-state index is 13.9. The molecule has 0 atom stereocenters. The van der Waals surface area contributed by atoms with Crippen LogP contribution in [0.4, 0.5) is 16.0 Å². The fourth-order valence-corrected chi connectivity index (χ4v) is 3.97. The van der Waals surface area contributed by atoms with Gasteiger partial charge in [-0.1, -0.05) is 6.07 Å². The Morgan fingerprint density at radius 2 is 2.00 bits per heavy atom. The van der Waals surface area contributed by atoms with E-state index in [-0.39, 0.29) is 30.4 Å². The first kappa shape index (κ1) is 22.9. The smallest absolute Gasteiger partial charge is 0.359 e. The molecule has 2 aromatic heterocycles. The molecule has 10 nitrogen and oxygen atoms in total. The summed E-state index contributed by atoms with van der Waals surface area (Å²) < 4.78 is 21.5. The summed E-state index contributed by atoms with van der Waals surface area (Å²) in [7, 11) is 0. The summed E-state index contributed by atoms with van der Waals surface area (Å²) in [5, 5.41) is 21.7. The average Bonchev–Trinajstić information content (AvgIpc) is 3.35. The summed E-state index contributed by atoms with van der Waals surface area (Å²) in [6.45, 7) is 0.139. The largest absolute Gasteiger partial charge is 0.493 e. The Balaban J connectivity index is 1.64. The van der Waals surface area contributed by atoms with Gasteiger partial charge in [-0.25, -0.2) is 18.5 Å². The van der Waals surface area contributed by atoms with Gasteiger partial charge < -0.3 is 15.2 Å². The Morgan fingerprint density at radius 1 is 1.14 bits per heavy atom. The molecule has 0 unspecified atom stereocenters. The van der Waals surface area contributed by atoms with Crippen molar-refractivity contribution in [2.24, 2.45) is 0 Å². The predicted octanol–water partition coefficient (Wildman–Crippen LogP) is 2.02. The molecule has 0 fully saturated rings. The number of halogens is 1. The lowest BCUT2D eigenvalue weighted by atomic mass is 10.1. The van der Waals surface area contributed by atoms with E-state index in [0.29, 0.717) is 23.4 Å². The predicted molar refractivity (Wildman–Crippen MR) is 127 cm³/mol. The second-order valence-corrected chi connectivity index (χ2v) is 8.10. The molecule has 0 amide bonds. The van der Waals surface area contributed by atoms with Gasteiger partial charge in [0.2, 0.25) is 5.95 Å². The van der Waals surface area contributed by atoms with Gasteiger partial charge in [-0.15, -0.1) is 0 Å². The molecule has 36 heavy (non-hydrogen) atoms. The van der Waals surface area contributed by atoms with Crippen molar-refractivity contribution in [3.8, 4) is 17.5 Å². The van der Waals surface area contributed by atoms with Crippen molar-refractivity contribution < 1.29 is 14.2 Å². The van der Waals surface area contributed by atoms with E-state index in [2.05, 4.69) is 15.3 Å². The molecule has 0 spiro atoms. The van der Waals surface area contributed by atoms with Gasteiger partial charge in [0.05, 0.1) is 37.2 Å². The number of nitriles is 1. The summed E-state index contributed by atoms with van der Waals surface area (Å²) in [6.07, 6.45) is 3.45. The van der Waals surface area contributed by atoms with Crippen molar-refractivity contribution in [3.63, 3.8) is 0 Å². The summed E-state index contributed by atoms with van der Waals surface area (Å²) in [5.41, 5.74) is 0.813. The molecule has 1 aliphatic heterocycles. The molecule has 0 bridgehead atoms. The molecular weight excluding hydrogens is 467 g/mol. The minimum Gasteiger partial charge on any atom is -0.493 e. The van der Waals surface area contributed by atoms with Crippen LogP contribution in [0.3, 0.4) is 0 Å². The number of aromatic nitrogens is 4. The number of hydrogen-bond donors (Lipinski definition) is 2. The van der Waals surface area contributed by atoms with Crippen molar-refractivity contribution in [2.45, 2.75) is 19.6 Å². The standard InChI is InChI=1S/C25H19FN6O4/c26-21-3-1-15(7-18(21)10-27)13-31-23(29-19-2-4-22-17(9-19)5-6-36-22)30-24(34)32(25(31)35)20-8-16(14-33)11-28-12-20/h1-4,7-9,11-12,33H,5-6,13-14H2,(H,29,30,34). The van der Waals surface area contributed by atoms with Crippen LogP contribution in [0.25, 0.3) is 5.69 Å². The van der Waals surface area contributed by atoms with Crippen LogP contribution < -0.4 is 21.4 Å². The third-order valence-electron chi connectivity index (χ3n) is 5.73. The Labute approximate surface area is 203 Å². The van der Waals surface area contributed by atoms with Crippen LogP contribution in [0.5, 0.6) is 5.75 Å². The molecule has 0 saturated heterocycles. The third kappa shape index (κ3) is 4.33. The molecular formula is C25H19FN6O4. The fourth-order valence-electron chi connectivity index (χ4n) is 3.97. The number of ether oxygens (including phenoxy) is 1. The zero-order chi connectivity index (χ0) is 25.2. The zero-order valence-corrected chi connectivity index (χ0v) is 18.8. The van der Waals surface area contributed by atoms with Crippen molar-refractivity contribution in [1.29, 1.82) is 5.26 Å². The van der Waals surface area contributed by atoms with Crippen LogP contribution in [0.15, 0.2) is 64.4 Å². The van der Waals surface area contributed by atoms with Crippen molar-refractivity contribution >= 4 is 11.6 Å². The van der Waals surface area contributed by atoms with Gasteiger partial charge in [0.25, 0.3) is 0 Å². The normalized spacial score (nSPS) is 12.0. The van der Waals surface area contributed by atoms with E-state index in [1.807, 2.05) is 6.07 Å². The van der Waals surface area contributed by atoms with E-state index in [1.54, 1.807) is 18.2 Å². The second kappa shape index (κ2) is 9.44. The molecule has 2 N–H and O–H groups in total. The zero-order valence-electron chi connectivity index (χ0n) is 18.8.